The van der Waals surface area contributed by atoms with Gasteiger partial charge >= 0.3 is 5.97 Å². The molecule has 1 aromatic rings. The van der Waals surface area contributed by atoms with Crippen LogP contribution < -0.4 is 0 Å². The van der Waals surface area contributed by atoms with Gasteiger partial charge in [0.15, 0.2) is 5.69 Å². The van der Waals surface area contributed by atoms with Crippen molar-refractivity contribution in [1.82, 2.24) is 15.0 Å². The predicted molar refractivity (Wildman–Crippen MR) is 69.8 cm³/mol. The molecule has 0 atom stereocenters. The molecule has 0 fully saturated rings. The molecule has 1 rings (SSSR count). The third kappa shape index (κ3) is 3.82. The highest BCUT2D eigenvalue weighted by molar-refractivity contribution is 5.86. The molecular weight excluding hydrogens is 230 g/mol. The molecule has 0 spiro atoms. The molecule has 0 amide bonds. The highest BCUT2D eigenvalue weighted by Crippen LogP contribution is 2.22. The average Bonchev–Trinajstić information content (AvgIpc) is 2.59. The lowest BCUT2D eigenvalue weighted by molar-refractivity contribution is 0.0688. The minimum atomic E-state index is -0.999. The fraction of sp³-hybridized carbons (Fsp3) is 0.769. The SMILES string of the molecule is CC(C)c1c(C(=O)O)nnn1CCCC(C)(C)C. The van der Waals surface area contributed by atoms with Gasteiger partial charge < -0.3 is 5.11 Å². The van der Waals surface area contributed by atoms with Crippen LogP contribution in [0, 0.1) is 5.41 Å². The van der Waals surface area contributed by atoms with E-state index in [1.165, 1.54) is 0 Å². The maximum atomic E-state index is 11.1. The largest absolute Gasteiger partial charge is 0.476 e. The van der Waals surface area contributed by atoms with Crippen LogP contribution >= 0.6 is 0 Å². The van der Waals surface area contributed by atoms with E-state index in [0.717, 1.165) is 25.1 Å². The first kappa shape index (κ1) is 14.7. The van der Waals surface area contributed by atoms with E-state index >= 15 is 0 Å². The quantitative estimate of drug-likeness (QED) is 0.876. The van der Waals surface area contributed by atoms with Crippen LogP contribution in [0.4, 0.5) is 0 Å². The smallest absolute Gasteiger partial charge is 0.358 e. The van der Waals surface area contributed by atoms with Crippen molar-refractivity contribution in [2.24, 2.45) is 5.41 Å². The van der Waals surface area contributed by atoms with Crippen molar-refractivity contribution in [2.75, 3.05) is 0 Å². The van der Waals surface area contributed by atoms with E-state index in [-0.39, 0.29) is 17.0 Å². The zero-order chi connectivity index (χ0) is 13.9. The zero-order valence-electron chi connectivity index (χ0n) is 11.9. The molecule has 102 valence electrons. The van der Waals surface area contributed by atoms with Crippen LogP contribution in [-0.4, -0.2) is 26.1 Å². The second-order valence-electron chi connectivity index (χ2n) is 6.17. The van der Waals surface area contributed by atoms with Gasteiger partial charge in [0.25, 0.3) is 0 Å². The predicted octanol–water partition coefficient (Wildman–Crippen LogP) is 2.93. The summed E-state index contributed by atoms with van der Waals surface area (Å²) in [6.07, 6.45) is 2.05. The summed E-state index contributed by atoms with van der Waals surface area (Å²) < 4.78 is 1.74. The van der Waals surface area contributed by atoms with Crippen LogP contribution in [0.3, 0.4) is 0 Å². The Morgan fingerprint density at radius 2 is 2.00 bits per heavy atom. The molecule has 5 heteroatoms. The number of carbonyl (C=O) groups is 1. The first-order chi connectivity index (χ1) is 8.22. The van der Waals surface area contributed by atoms with E-state index in [1.54, 1.807) is 4.68 Å². The fourth-order valence-corrected chi connectivity index (χ4v) is 1.97. The van der Waals surface area contributed by atoms with Crippen LogP contribution in [0.1, 0.15) is 69.6 Å². The third-order valence-corrected chi connectivity index (χ3v) is 2.82. The zero-order valence-corrected chi connectivity index (χ0v) is 11.9. The number of aryl methyl sites for hydroxylation is 1. The van der Waals surface area contributed by atoms with Crippen molar-refractivity contribution in [3.8, 4) is 0 Å². The molecule has 0 aliphatic carbocycles. The second-order valence-corrected chi connectivity index (χ2v) is 6.17. The number of rotatable bonds is 5. The Balaban J connectivity index is 2.80. The summed E-state index contributed by atoms with van der Waals surface area (Å²) in [5.74, 6) is -0.887. The Hall–Kier alpha value is -1.39. The molecule has 0 aliphatic rings. The Bertz CT molecular complexity index is 416. The third-order valence-electron chi connectivity index (χ3n) is 2.82. The summed E-state index contributed by atoms with van der Waals surface area (Å²) in [6, 6.07) is 0. The minimum absolute atomic E-state index is 0.0840. The molecule has 5 nitrogen and oxygen atoms in total. The van der Waals surface area contributed by atoms with Gasteiger partial charge in [-0.1, -0.05) is 39.8 Å². The van der Waals surface area contributed by atoms with Gasteiger partial charge in [0.1, 0.15) is 0 Å². The lowest BCUT2D eigenvalue weighted by Gasteiger charge is -2.18. The van der Waals surface area contributed by atoms with Crippen molar-refractivity contribution in [3.05, 3.63) is 11.4 Å². The number of aromatic nitrogens is 3. The summed E-state index contributed by atoms with van der Waals surface area (Å²) >= 11 is 0. The van der Waals surface area contributed by atoms with Gasteiger partial charge in [-0.25, -0.2) is 9.48 Å². The van der Waals surface area contributed by atoms with Crippen molar-refractivity contribution in [3.63, 3.8) is 0 Å². The molecule has 1 heterocycles. The molecule has 0 bridgehead atoms. The molecule has 0 unspecified atom stereocenters. The van der Waals surface area contributed by atoms with Gasteiger partial charge in [0, 0.05) is 6.54 Å². The molecule has 0 aromatic carbocycles. The summed E-state index contributed by atoms with van der Waals surface area (Å²) in [5.41, 5.74) is 1.09. The standard InChI is InChI=1S/C13H23N3O2/c1-9(2)11-10(12(17)18)14-15-16(11)8-6-7-13(3,4)5/h9H,6-8H2,1-5H3,(H,17,18). The number of aromatic carboxylic acids is 1. The summed E-state index contributed by atoms with van der Waals surface area (Å²) in [6.45, 7) is 11.2. The number of nitrogens with zero attached hydrogens (tertiary/aromatic N) is 3. The van der Waals surface area contributed by atoms with Crippen molar-refractivity contribution in [2.45, 2.75) is 59.9 Å². The number of hydrogen-bond donors (Lipinski definition) is 1. The minimum Gasteiger partial charge on any atom is -0.476 e. The molecule has 0 radical (unpaired) electrons. The first-order valence-corrected chi connectivity index (χ1v) is 6.39. The highest BCUT2D eigenvalue weighted by Gasteiger charge is 2.21. The molecule has 0 saturated heterocycles. The van der Waals surface area contributed by atoms with Crippen LogP contribution in [0.5, 0.6) is 0 Å². The van der Waals surface area contributed by atoms with Crippen LogP contribution in [0.25, 0.3) is 0 Å². The normalized spacial score (nSPS) is 12.1. The second kappa shape index (κ2) is 5.50. The van der Waals surface area contributed by atoms with Gasteiger partial charge in [0.05, 0.1) is 5.69 Å². The molecule has 0 saturated carbocycles. The molecular formula is C13H23N3O2. The number of carboxylic acids is 1. The van der Waals surface area contributed by atoms with Crippen molar-refractivity contribution in [1.29, 1.82) is 0 Å². The topological polar surface area (TPSA) is 68.0 Å². The van der Waals surface area contributed by atoms with E-state index in [0.29, 0.717) is 0 Å². The fourth-order valence-electron chi connectivity index (χ4n) is 1.97. The highest BCUT2D eigenvalue weighted by atomic mass is 16.4. The monoisotopic (exact) mass is 253 g/mol. The van der Waals surface area contributed by atoms with Gasteiger partial charge in [-0.05, 0) is 24.2 Å². The van der Waals surface area contributed by atoms with E-state index in [2.05, 4.69) is 31.1 Å². The van der Waals surface area contributed by atoms with Crippen LogP contribution in [0.2, 0.25) is 0 Å². The molecule has 1 N–H and O–H groups in total. The van der Waals surface area contributed by atoms with E-state index < -0.39 is 5.97 Å². The lowest BCUT2D eigenvalue weighted by atomic mass is 9.90. The number of hydrogen-bond acceptors (Lipinski definition) is 3. The maximum Gasteiger partial charge on any atom is 0.358 e. The summed E-state index contributed by atoms with van der Waals surface area (Å²) in [7, 11) is 0. The van der Waals surface area contributed by atoms with Crippen molar-refractivity contribution >= 4 is 5.97 Å². The Morgan fingerprint density at radius 1 is 1.39 bits per heavy atom. The summed E-state index contributed by atoms with van der Waals surface area (Å²) in [4.78, 5) is 11.1. The Morgan fingerprint density at radius 3 is 2.44 bits per heavy atom. The number of carboxylic acid groups (broad SMARTS) is 1. The molecule has 1 aromatic heterocycles. The Kier molecular flexibility index (Phi) is 4.48. The summed E-state index contributed by atoms with van der Waals surface area (Å²) in [5, 5.41) is 16.8. The van der Waals surface area contributed by atoms with Crippen LogP contribution in [-0.2, 0) is 6.54 Å². The lowest BCUT2D eigenvalue weighted by Crippen LogP contribution is -2.12. The van der Waals surface area contributed by atoms with E-state index in [1.807, 2.05) is 13.8 Å². The molecule has 18 heavy (non-hydrogen) atoms. The van der Waals surface area contributed by atoms with Crippen molar-refractivity contribution < 1.29 is 9.90 Å². The van der Waals surface area contributed by atoms with E-state index in [4.69, 9.17) is 5.11 Å². The van der Waals surface area contributed by atoms with E-state index in [9.17, 15) is 4.79 Å². The van der Waals surface area contributed by atoms with Gasteiger partial charge in [0.2, 0.25) is 0 Å². The maximum absolute atomic E-state index is 11.1. The average molecular weight is 253 g/mol. The Labute approximate surface area is 108 Å². The van der Waals surface area contributed by atoms with Gasteiger partial charge in [-0.2, -0.15) is 0 Å². The van der Waals surface area contributed by atoms with Gasteiger partial charge in [-0.3, -0.25) is 0 Å². The molecule has 0 aliphatic heterocycles. The van der Waals surface area contributed by atoms with Crippen LogP contribution in [0.15, 0.2) is 0 Å². The van der Waals surface area contributed by atoms with Gasteiger partial charge in [-0.15, -0.1) is 5.10 Å². The first-order valence-electron chi connectivity index (χ1n) is 6.39.